The van der Waals surface area contributed by atoms with Crippen LogP contribution in [0.2, 0.25) is 5.02 Å². The zero-order chi connectivity index (χ0) is 15.5. The summed E-state index contributed by atoms with van der Waals surface area (Å²) in [5, 5.41) is 14.4. The van der Waals surface area contributed by atoms with E-state index in [9.17, 15) is 5.11 Å². The number of piperidine rings is 1. The lowest BCUT2D eigenvalue weighted by Crippen LogP contribution is -2.36. The number of thiazole rings is 1. The van der Waals surface area contributed by atoms with Crippen LogP contribution in [0.15, 0.2) is 29.6 Å². The van der Waals surface area contributed by atoms with E-state index < -0.39 is 6.10 Å². The first kappa shape index (κ1) is 15.9. The number of hydrogen-bond donors (Lipinski definition) is 1. The van der Waals surface area contributed by atoms with Gasteiger partial charge >= 0.3 is 0 Å². The number of aliphatic hydroxyl groups is 1. The van der Waals surface area contributed by atoms with Gasteiger partial charge in [-0.25, -0.2) is 4.98 Å². The Bertz CT molecular complexity index is 623. The number of benzene rings is 1. The molecular formula is C17H21ClN2OS. The SMILES string of the molecule is Cc1csc(C2CCN(CC(O)c3ccccc3Cl)CC2)n1. The van der Waals surface area contributed by atoms with Gasteiger partial charge in [-0.1, -0.05) is 29.8 Å². The van der Waals surface area contributed by atoms with E-state index in [0.717, 1.165) is 37.2 Å². The molecule has 3 nitrogen and oxygen atoms in total. The van der Waals surface area contributed by atoms with Crippen molar-refractivity contribution in [2.24, 2.45) is 0 Å². The van der Waals surface area contributed by atoms with Crippen molar-refractivity contribution in [3.05, 3.63) is 50.9 Å². The van der Waals surface area contributed by atoms with Crippen molar-refractivity contribution in [3.8, 4) is 0 Å². The Kier molecular flexibility index (Phi) is 5.14. The van der Waals surface area contributed by atoms with Crippen molar-refractivity contribution in [2.45, 2.75) is 31.8 Å². The van der Waals surface area contributed by atoms with Crippen LogP contribution in [-0.4, -0.2) is 34.6 Å². The standard InChI is InChI=1S/C17H21ClN2OS/c1-12-11-22-17(19-12)13-6-8-20(9-7-13)10-16(21)14-4-2-3-5-15(14)18/h2-5,11,13,16,21H,6-10H2,1H3. The molecule has 0 saturated carbocycles. The summed E-state index contributed by atoms with van der Waals surface area (Å²) >= 11 is 7.93. The summed E-state index contributed by atoms with van der Waals surface area (Å²) in [4.78, 5) is 6.94. The summed E-state index contributed by atoms with van der Waals surface area (Å²) < 4.78 is 0. The molecule has 1 aliphatic heterocycles. The minimum absolute atomic E-state index is 0.521. The van der Waals surface area contributed by atoms with Crippen LogP contribution in [0.1, 0.15) is 41.1 Å². The molecule has 1 aromatic heterocycles. The molecule has 1 aromatic carbocycles. The highest BCUT2D eigenvalue weighted by Crippen LogP contribution is 2.31. The Labute approximate surface area is 140 Å². The first-order valence-electron chi connectivity index (χ1n) is 7.70. The van der Waals surface area contributed by atoms with Crippen LogP contribution >= 0.6 is 22.9 Å². The van der Waals surface area contributed by atoms with E-state index in [4.69, 9.17) is 11.6 Å². The Morgan fingerprint density at radius 1 is 1.36 bits per heavy atom. The molecule has 0 spiro atoms. The molecule has 2 aromatic rings. The minimum atomic E-state index is -0.521. The molecular weight excluding hydrogens is 316 g/mol. The quantitative estimate of drug-likeness (QED) is 0.916. The molecule has 1 aliphatic rings. The van der Waals surface area contributed by atoms with Crippen LogP contribution in [0.25, 0.3) is 0 Å². The average Bonchev–Trinajstić information content (AvgIpc) is 2.95. The number of likely N-dealkylation sites (tertiary alicyclic amines) is 1. The molecule has 0 aliphatic carbocycles. The highest BCUT2D eigenvalue weighted by Gasteiger charge is 2.24. The van der Waals surface area contributed by atoms with E-state index in [2.05, 4.69) is 22.2 Å². The molecule has 0 radical (unpaired) electrons. The molecule has 2 heterocycles. The van der Waals surface area contributed by atoms with E-state index in [1.54, 1.807) is 11.3 Å². The lowest BCUT2D eigenvalue weighted by molar-refractivity contribution is 0.0973. The van der Waals surface area contributed by atoms with E-state index in [1.807, 2.05) is 24.3 Å². The van der Waals surface area contributed by atoms with Crippen LogP contribution in [-0.2, 0) is 0 Å². The second-order valence-electron chi connectivity index (χ2n) is 5.94. The maximum atomic E-state index is 10.4. The maximum absolute atomic E-state index is 10.4. The second-order valence-corrected chi connectivity index (χ2v) is 7.24. The van der Waals surface area contributed by atoms with Gasteiger partial charge in [0.2, 0.25) is 0 Å². The fourth-order valence-corrected chi connectivity index (χ4v) is 4.24. The van der Waals surface area contributed by atoms with Crippen molar-refractivity contribution in [1.29, 1.82) is 0 Å². The molecule has 118 valence electrons. The third-order valence-electron chi connectivity index (χ3n) is 4.27. The van der Waals surface area contributed by atoms with Crippen molar-refractivity contribution >= 4 is 22.9 Å². The second kappa shape index (κ2) is 7.09. The first-order chi connectivity index (χ1) is 10.6. The van der Waals surface area contributed by atoms with Gasteiger partial charge in [-0.05, 0) is 38.9 Å². The molecule has 5 heteroatoms. The summed E-state index contributed by atoms with van der Waals surface area (Å²) in [5.74, 6) is 0.576. The molecule has 1 fully saturated rings. The number of halogens is 1. The lowest BCUT2D eigenvalue weighted by Gasteiger charge is -2.32. The van der Waals surface area contributed by atoms with E-state index >= 15 is 0 Å². The van der Waals surface area contributed by atoms with Crippen molar-refractivity contribution < 1.29 is 5.11 Å². The highest BCUT2D eigenvalue weighted by atomic mass is 35.5. The van der Waals surface area contributed by atoms with Gasteiger partial charge in [0.25, 0.3) is 0 Å². The smallest absolute Gasteiger partial charge is 0.0960 e. The topological polar surface area (TPSA) is 36.4 Å². The van der Waals surface area contributed by atoms with E-state index in [1.165, 1.54) is 5.01 Å². The van der Waals surface area contributed by atoms with Crippen molar-refractivity contribution in [3.63, 3.8) is 0 Å². The summed E-state index contributed by atoms with van der Waals surface area (Å²) in [7, 11) is 0. The van der Waals surface area contributed by atoms with Crippen LogP contribution < -0.4 is 0 Å². The third-order valence-corrected chi connectivity index (χ3v) is 5.74. The summed E-state index contributed by atoms with van der Waals surface area (Å²) in [5.41, 5.74) is 1.94. The van der Waals surface area contributed by atoms with Crippen molar-refractivity contribution in [2.75, 3.05) is 19.6 Å². The Balaban J connectivity index is 1.55. The molecule has 1 atom stereocenters. The normalized spacial score (nSPS) is 18.5. The van der Waals surface area contributed by atoms with Gasteiger partial charge in [-0.3, -0.25) is 0 Å². The predicted molar refractivity (Wildman–Crippen MR) is 91.7 cm³/mol. The van der Waals surface area contributed by atoms with Gasteiger partial charge < -0.3 is 10.0 Å². The van der Waals surface area contributed by atoms with Gasteiger partial charge in [-0.15, -0.1) is 11.3 Å². The zero-order valence-electron chi connectivity index (χ0n) is 12.7. The Morgan fingerprint density at radius 2 is 2.09 bits per heavy atom. The van der Waals surface area contributed by atoms with Gasteiger partial charge in [0, 0.05) is 34.1 Å². The average molecular weight is 337 g/mol. The van der Waals surface area contributed by atoms with Gasteiger partial charge in [-0.2, -0.15) is 0 Å². The predicted octanol–water partition coefficient (Wildman–Crippen LogP) is 4.02. The Morgan fingerprint density at radius 3 is 2.73 bits per heavy atom. The fourth-order valence-electron chi connectivity index (χ4n) is 3.01. The largest absolute Gasteiger partial charge is 0.387 e. The molecule has 1 N–H and O–H groups in total. The summed E-state index contributed by atoms with van der Waals surface area (Å²) in [6, 6.07) is 7.54. The molecule has 0 amide bonds. The number of aromatic nitrogens is 1. The summed E-state index contributed by atoms with van der Waals surface area (Å²) in [6.07, 6.45) is 1.71. The molecule has 3 rings (SSSR count). The van der Waals surface area contributed by atoms with Crippen LogP contribution in [0.4, 0.5) is 0 Å². The lowest BCUT2D eigenvalue weighted by atomic mass is 9.97. The van der Waals surface area contributed by atoms with Gasteiger partial charge in [0.15, 0.2) is 0 Å². The highest BCUT2D eigenvalue weighted by molar-refractivity contribution is 7.09. The van der Waals surface area contributed by atoms with Gasteiger partial charge in [0.1, 0.15) is 0 Å². The van der Waals surface area contributed by atoms with E-state index in [0.29, 0.717) is 17.5 Å². The monoisotopic (exact) mass is 336 g/mol. The van der Waals surface area contributed by atoms with E-state index in [-0.39, 0.29) is 0 Å². The Hall–Kier alpha value is -0.940. The molecule has 0 bridgehead atoms. The van der Waals surface area contributed by atoms with Crippen molar-refractivity contribution in [1.82, 2.24) is 9.88 Å². The number of rotatable bonds is 4. The maximum Gasteiger partial charge on any atom is 0.0960 e. The number of aliphatic hydroxyl groups excluding tert-OH is 1. The molecule has 1 saturated heterocycles. The minimum Gasteiger partial charge on any atom is -0.387 e. The molecule has 22 heavy (non-hydrogen) atoms. The number of β-amino-alcohol motifs (C(OH)–C–C–N with tert-alkyl or cyclic N) is 1. The number of aryl methyl sites for hydroxylation is 1. The number of hydrogen-bond acceptors (Lipinski definition) is 4. The number of nitrogens with zero attached hydrogens (tertiary/aromatic N) is 2. The van der Waals surface area contributed by atoms with Crippen LogP contribution in [0.3, 0.4) is 0 Å². The third kappa shape index (κ3) is 3.69. The first-order valence-corrected chi connectivity index (χ1v) is 8.96. The van der Waals surface area contributed by atoms with Gasteiger partial charge in [0.05, 0.1) is 11.1 Å². The van der Waals surface area contributed by atoms with Crippen LogP contribution in [0.5, 0.6) is 0 Å². The fraction of sp³-hybridized carbons (Fsp3) is 0.471. The summed E-state index contributed by atoms with van der Waals surface area (Å²) in [6.45, 7) is 4.71. The zero-order valence-corrected chi connectivity index (χ0v) is 14.3. The van der Waals surface area contributed by atoms with Crippen LogP contribution in [0, 0.1) is 6.92 Å². The molecule has 1 unspecified atom stereocenters.